The van der Waals surface area contributed by atoms with Gasteiger partial charge in [0.1, 0.15) is 0 Å². The number of hydrogen-bond acceptors (Lipinski definition) is 2. The van der Waals surface area contributed by atoms with Crippen LogP contribution in [0.5, 0.6) is 0 Å². The van der Waals surface area contributed by atoms with Crippen LogP contribution in [0.2, 0.25) is 0 Å². The maximum Gasteiger partial charge on any atom is 0.416 e. The molecule has 5 aromatic rings. The van der Waals surface area contributed by atoms with Crippen LogP contribution in [0.25, 0.3) is 27.9 Å². The Bertz CT molecular complexity index is 1560. The molecule has 2 aromatic heterocycles. The molecule has 0 aliphatic heterocycles. The first-order chi connectivity index (χ1) is 16.7. The molecule has 3 aromatic carbocycles. The third-order valence-corrected chi connectivity index (χ3v) is 6.07. The third kappa shape index (κ3) is 4.37. The summed E-state index contributed by atoms with van der Waals surface area (Å²) in [5.41, 5.74) is 5.89. The van der Waals surface area contributed by atoms with Gasteiger partial charge in [0, 0.05) is 11.8 Å². The van der Waals surface area contributed by atoms with Gasteiger partial charge in [0.15, 0.2) is 5.65 Å². The highest BCUT2D eigenvalue weighted by atomic mass is 19.4. The molecule has 0 amide bonds. The van der Waals surface area contributed by atoms with Crippen LogP contribution in [0.3, 0.4) is 0 Å². The highest BCUT2D eigenvalue weighted by Crippen LogP contribution is 2.35. The lowest BCUT2D eigenvalue weighted by Gasteiger charge is -2.12. The Labute approximate surface area is 199 Å². The van der Waals surface area contributed by atoms with E-state index >= 15 is 0 Å². The molecule has 0 unspecified atom stereocenters. The number of hydrogen-bond donors (Lipinski definition) is 0. The lowest BCUT2D eigenvalue weighted by molar-refractivity contribution is -0.137. The molecule has 0 saturated carbocycles. The van der Waals surface area contributed by atoms with Gasteiger partial charge in [-0.05, 0) is 54.3 Å². The normalized spacial score (nSPS) is 11.8. The van der Waals surface area contributed by atoms with Crippen molar-refractivity contribution in [3.63, 3.8) is 0 Å². The van der Waals surface area contributed by atoms with E-state index in [0.29, 0.717) is 11.2 Å². The summed E-state index contributed by atoms with van der Waals surface area (Å²) in [6, 6.07) is 22.8. The van der Waals surface area contributed by atoms with Gasteiger partial charge in [-0.25, -0.2) is 13.9 Å². The van der Waals surface area contributed by atoms with E-state index in [9.17, 15) is 18.0 Å². The monoisotopic (exact) mass is 473 g/mol. The topological polar surface area (TPSA) is 39.3 Å². The minimum atomic E-state index is -4.41. The molecule has 4 nitrogen and oxygen atoms in total. The van der Waals surface area contributed by atoms with Gasteiger partial charge in [0.2, 0.25) is 0 Å². The quantitative estimate of drug-likeness (QED) is 0.298. The summed E-state index contributed by atoms with van der Waals surface area (Å²) in [5.74, 6) is 0. The Balaban J connectivity index is 1.66. The van der Waals surface area contributed by atoms with Crippen molar-refractivity contribution in [1.29, 1.82) is 0 Å². The molecule has 0 spiro atoms. The summed E-state index contributed by atoms with van der Waals surface area (Å²) < 4.78 is 41.5. The number of pyridine rings is 1. The van der Waals surface area contributed by atoms with Crippen LogP contribution in [-0.4, -0.2) is 14.2 Å². The summed E-state index contributed by atoms with van der Waals surface area (Å²) in [6.07, 6.45) is -2.71. The predicted molar refractivity (Wildman–Crippen MR) is 130 cm³/mol. The van der Waals surface area contributed by atoms with Crippen LogP contribution >= 0.6 is 0 Å². The molecule has 5 rings (SSSR count). The lowest BCUT2D eigenvalue weighted by Crippen LogP contribution is -2.21. The standard InChI is InChI=1S/C28H22F3N3O/c1-18-3-9-21(10-4-18)24-15-16-33-26(25(24)22-11-5-19(2)6-12-22)32-34(27(33)35)17-20-7-13-23(14-8-20)28(29,30)31/h3-16H,17H2,1-2H3. The van der Waals surface area contributed by atoms with Crippen LogP contribution in [0, 0.1) is 13.8 Å². The van der Waals surface area contributed by atoms with Crippen molar-refractivity contribution in [1.82, 2.24) is 14.2 Å². The van der Waals surface area contributed by atoms with Crippen molar-refractivity contribution in [3.8, 4) is 22.3 Å². The number of aryl methyl sites for hydroxylation is 2. The van der Waals surface area contributed by atoms with Crippen LogP contribution in [0.15, 0.2) is 89.9 Å². The molecule has 35 heavy (non-hydrogen) atoms. The number of alkyl halides is 3. The molecule has 0 saturated heterocycles. The number of fused-ring (bicyclic) bond motifs is 1. The Hall–Kier alpha value is -4.13. The zero-order valence-corrected chi connectivity index (χ0v) is 19.2. The number of aromatic nitrogens is 3. The van der Waals surface area contributed by atoms with Crippen LogP contribution in [0.4, 0.5) is 13.2 Å². The molecule has 0 bridgehead atoms. The number of rotatable bonds is 4. The molecule has 0 atom stereocenters. The van der Waals surface area contributed by atoms with Gasteiger partial charge in [-0.2, -0.15) is 13.2 Å². The number of benzene rings is 3. The Morgan fingerprint density at radius 1 is 0.771 bits per heavy atom. The molecule has 0 aliphatic carbocycles. The van der Waals surface area contributed by atoms with E-state index in [-0.39, 0.29) is 12.2 Å². The van der Waals surface area contributed by atoms with Crippen LogP contribution in [0.1, 0.15) is 22.3 Å². The number of nitrogens with zero attached hydrogens (tertiary/aromatic N) is 3. The van der Waals surface area contributed by atoms with Crippen LogP contribution in [-0.2, 0) is 12.7 Å². The zero-order chi connectivity index (χ0) is 24.7. The van der Waals surface area contributed by atoms with Crippen molar-refractivity contribution in [3.05, 3.63) is 118 Å². The summed E-state index contributed by atoms with van der Waals surface area (Å²) in [5, 5.41) is 4.63. The van der Waals surface area contributed by atoms with Crippen molar-refractivity contribution in [2.24, 2.45) is 0 Å². The minimum absolute atomic E-state index is 0.0614. The van der Waals surface area contributed by atoms with E-state index in [1.807, 2.05) is 68.4 Å². The first-order valence-electron chi connectivity index (χ1n) is 11.1. The van der Waals surface area contributed by atoms with E-state index in [4.69, 9.17) is 0 Å². The fraction of sp³-hybridized carbons (Fsp3) is 0.143. The van der Waals surface area contributed by atoms with Gasteiger partial charge in [-0.1, -0.05) is 71.8 Å². The maximum absolute atomic E-state index is 13.2. The smallest absolute Gasteiger partial charge is 0.250 e. The van der Waals surface area contributed by atoms with Crippen LogP contribution < -0.4 is 5.69 Å². The molecular formula is C28H22F3N3O. The second kappa shape index (κ2) is 8.58. The fourth-order valence-corrected chi connectivity index (χ4v) is 4.13. The molecule has 0 aliphatic rings. The molecular weight excluding hydrogens is 451 g/mol. The van der Waals surface area contributed by atoms with Gasteiger partial charge >= 0.3 is 11.9 Å². The third-order valence-electron chi connectivity index (χ3n) is 6.07. The van der Waals surface area contributed by atoms with Gasteiger partial charge in [-0.15, -0.1) is 5.10 Å². The summed E-state index contributed by atoms with van der Waals surface area (Å²) in [4.78, 5) is 13.2. The molecule has 176 valence electrons. The van der Waals surface area contributed by atoms with Crippen molar-refractivity contribution >= 4 is 5.65 Å². The molecule has 2 heterocycles. The minimum Gasteiger partial charge on any atom is -0.250 e. The molecule has 7 heteroatoms. The number of halogens is 3. The van der Waals surface area contributed by atoms with E-state index in [0.717, 1.165) is 45.5 Å². The Morgan fingerprint density at radius 3 is 1.91 bits per heavy atom. The second-order valence-corrected chi connectivity index (χ2v) is 8.66. The highest BCUT2D eigenvalue weighted by Gasteiger charge is 2.30. The Kier molecular flexibility index (Phi) is 5.55. The Morgan fingerprint density at radius 2 is 1.34 bits per heavy atom. The molecule has 0 fully saturated rings. The summed E-state index contributed by atoms with van der Waals surface area (Å²) in [7, 11) is 0. The second-order valence-electron chi connectivity index (χ2n) is 8.66. The summed E-state index contributed by atoms with van der Waals surface area (Å²) >= 11 is 0. The van der Waals surface area contributed by atoms with Gasteiger partial charge in [-0.3, -0.25) is 0 Å². The van der Waals surface area contributed by atoms with E-state index < -0.39 is 11.7 Å². The SMILES string of the molecule is Cc1ccc(-c2ccn3c(=O)n(Cc4ccc(C(F)(F)F)cc4)nc3c2-c2ccc(C)cc2)cc1. The van der Waals surface area contributed by atoms with E-state index in [2.05, 4.69) is 5.10 Å². The average Bonchev–Trinajstić information content (AvgIpc) is 3.14. The van der Waals surface area contributed by atoms with Gasteiger partial charge in [0.25, 0.3) is 0 Å². The summed E-state index contributed by atoms with van der Waals surface area (Å²) in [6.45, 7) is 4.09. The van der Waals surface area contributed by atoms with E-state index in [1.54, 1.807) is 6.20 Å². The fourth-order valence-electron chi connectivity index (χ4n) is 4.13. The van der Waals surface area contributed by atoms with Crippen molar-refractivity contribution < 1.29 is 13.2 Å². The van der Waals surface area contributed by atoms with Crippen molar-refractivity contribution in [2.45, 2.75) is 26.6 Å². The molecule has 0 radical (unpaired) electrons. The first-order valence-corrected chi connectivity index (χ1v) is 11.1. The van der Waals surface area contributed by atoms with E-state index in [1.165, 1.54) is 21.2 Å². The van der Waals surface area contributed by atoms with Gasteiger partial charge < -0.3 is 0 Å². The van der Waals surface area contributed by atoms with Crippen molar-refractivity contribution in [2.75, 3.05) is 0 Å². The highest BCUT2D eigenvalue weighted by molar-refractivity contribution is 5.91. The molecule has 0 N–H and O–H groups in total. The average molecular weight is 473 g/mol. The van der Waals surface area contributed by atoms with Gasteiger partial charge in [0.05, 0.1) is 12.1 Å². The lowest BCUT2D eigenvalue weighted by atomic mass is 9.95. The zero-order valence-electron chi connectivity index (χ0n) is 19.2. The maximum atomic E-state index is 13.2. The predicted octanol–water partition coefficient (Wildman–Crippen LogP) is 6.51. The first kappa shape index (κ1) is 22.7. The largest absolute Gasteiger partial charge is 0.416 e.